The normalized spacial score (nSPS) is 10.2. The first-order valence-electron chi connectivity index (χ1n) is 7.37. The summed E-state index contributed by atoms with van der Waals surface area (Å²) in [6, 6.07) is 11.6. The van der Waals surface area contributed by atoms with Gasteiger partial charge in [-0.15, -0.1) is 0 Å². The van der Waals surface area contributed by atoms with Gasteiger partial charge in [0.15, 0.2) is 6.61 Å². The maximum absolute atomic E-state index is 12.1. The highest BCUT2D eigenvalue weighted by Crippen LogP contribution is 2.19. The molecule has 0 unspecified atom stereocenters. The van der Waals surface area contributed by atoms with Crippen LogP contribution in [-0.4, -0.2) is 23.3 Å². The molecule has 0 bridgehead atoms. The molecule has 2 aromatic rings. The fourth-order valence-electron chi connectivity index (χ4n) is 2.22. The van der Waals surface area contributed by atoms with Crippen LogP contribution in [0, 0.1) is 24.0 Å². The van der Waals surface area contributed by atoms with Gasteiger partial charge in [-0.2, -0.15) is 0 Å². The lowest BCUT2D eigenvalue weighted by molar-refractivity contribution is -0.385. The van der Waals surface area contributed by atoms with E-state index in [1.165, 1.54) is 18.2 Å². The highest BCUT2D eigenvalue weighted by atomic mass is 16.6. The second-order valence-electron chi connectivity index (χ2n) is 5.45. The van der Waals surface area contributed by atoms with Crippen LogP contribution in [0.2, 0.25) is 0 Å². The van der Waals surface area contributed by atoms with Gasteiger partial charge in [0.25, 0.3) is 5.69 Å². The number of hydrogen-bond donors (Lipinski definition) is 0. The minimum absolute atomic E-state index is 0.0774. The van der Waals surface area contributed by atoms with Gasteiger partial charge in [0.2, 0.25) is 5.78 Å². The highest BCUT2D eigenvalue weighted by Gasteiger charge is 2.16. The van der Waals surface area contributed by atoms with Gasteiger partial charge in [0, 0.05) is 17.2 Å². The Morgan fingerprint density at radius 2 is 1.79 bits per heavy atom. The summed E-state index contributed by atoms with van der Waals surface area (Å²) in [6.45, 7) is 3.04. The number of ketones is 1. The molecule has 0 saturated heterocycles. The van der Waals surface area contributed by atoms with E-state index in [-0.39, 0.29) is 17.7 Å². The van der Waals surface area contributed by atoms with Crippen LogP contribution >= 0.6 is 0 Å². The topological polar surface area (TPSA) is 86.5 Å². The highest BCUT2D eigenvalue weighted by molar-refractivity contribution is 5.98. The van der Waals surface area contributed by atoms with Crippen molar-refractivity contribution in [1.29, 1.82) is 0 Å². The Labute approximate surface area is 139 Å². The number of ether oxygens (including phenoxy) is 1. The number of esters is 1. The largest absolute Gasteiger partial charge is 0.457 e. The summed E-state index contributed by atoms with van der Waals surface area (Å²) in [5.41, 5.74) is 2.28. The van der Waals surface area contributed by atoms with Crippen molar-refractivity contribution < 1.29 is 19.2 Å². The van der Waals surface area contributed by atoms with Crippen molar-refractivity contribution in [1.82, 2.24) is 0 Å². The number of hydrogen-bond acceptors (Lipinski definition) is 5. The lowest BCUT2D eigenvalue weighted by atomic mass is 10.1. The smallest absolute Gasteiger partial charge is 0.310 e. The fourth-order valence-corrected chi connectivity index (χ4v) is 2.22. The van der Waals surface area contributed by atoms with E-state index >= 15 is 0 Å². The molecule has 0 heterocycles. The van der Waals surface area contributed by atoms with E-state index in [0.29, 0.717) is 5.56 Å². The summed E-state index contributed by atoms with van der Waals surface area (Å²) in [7, 11) is 0. The van der Waals surface area contributed by atoms with Crippen molar-refractivity contribution in [2.45, 2.75) is 20.3 Å². The molecule has 0 aromatic heterocycles. The average Bonchev–Trinajstić information content (AvgIpc) is 2.55. The molecule has 2 rings (SSSR count). The van der Waals surface area contributed by atoms with Gasteiger partial charge in [-0.25, -0.2) is 0 Å². The van der Waals surface area contributed by atoms with Crippen molar-refractivity contribution in [3.8, 4) is 0 Å². The summed E-state index contributed by atoms with van der Waals surface area (Å²) < 4.78 is 4.99. The quantitative estimate of drug-likeness (QED) is 0.352. The maximum Gasteiger partial charge on any atom is 0.310 e. The number of carbonyl (C=O) groups excluding carboxylic acids is 2. The molecule has 0 fully saturated rings. The van der Waals surface area contributed by atoms with E-state index in [4.69, 9.17) is 4.74 Å². The molecular weight excluding hydrogens is 310 g/mol. The zero-order chi connectivity index (χ0) is 17.7. The van der Waals surface area contributed by atoms with Crippen molar-refractivity contribution in [3.05, 3.63) is 74.8 Å². The Kier molecular flexibility index (Phi) is 5.42. The second-order valence-corrected chi connectivity index (χ2v) is 5.45. The van der Waals surface area contributed by atoms with Crippen molar-refractivity contribution in [3.63, 3.8) is 0 Å². The Morgan fingerprint density at radius 3 is 2.46 bits per heavy atom. The molecule has 124 valence electrons. The fraction of sp³-hybridized carbons (Fsp3) is 0.222. The number of Topliss-reactive ketones (excluding diaryl/α,β-unsaturated/α-hetero) is 1. The third-order valence-corrected chi connectivity index (χ3v) is 3.69. The first-order chi connectivity index (χ1) is 11.4. The lowest BCUT2D eigenvalue weighted by Gasteiger charge is -2.07. The van der Waals surface area contributed by atoms with E-state index in [1.54, 1.807) is 6.92 Å². The van der Waals surface area contributed by atoms with Crippen LogP contribution in [0.1, 0.15) is 27.0 Å². The molecule has 0 aliphatic heterocycles. The minimum atomic E-state index is -0.545. The first-order valence-corrected chi connectivity index (χ1v) is 7.37. The Bertz CT molecular complexity index is 798. The van der Waals surface area contributed by atoms with Gasteiger partial charge in [-0.3, -0.25) is 19.7 Å². The maximum atomic E-state index is 12.1. The average molecular weight is 327 g/mol. The molecule has 0 radical (unpaired) electrons. The van der Waals surface area contributed by atoms with Crippen LogP contribution in [0.15, 0.2) is 42.5 Å². The van der Waals surface area contributed by atoms with Crippen molar-refractivity contribution in [2.75, 3.05) is 6.61 Å². The zero-order valence-corrected chi connectivity index (χ0v) is 13.4. The second kappa shape index (κ2) is 7.50. The van der Waals surface area contributed by atoms with Crippen LogP contribution in [0.5, 0.6) is 0 Å². The summed E-state index contributed by atoms with van der Waals surface area (Å²) in [6.07, 6.45) is 0.0774. The van der Waals surface area contributed by atoms with Gasteiger partial charge in [0.1, 0.15) is 0 Å². The molecule has 0 amide bonds. The number of benzene rings is 2. The number of rotatable bonds is 6. The molecule has 2 aromatic carbocycles. The molecule has 0 aliphatic carbocycles. The minimum Gasteiger partial charge on any atom is -0.457 e. The van der Waals surface area contributed by atoms with Gasteiger partial charge < -0.3 is 4.74 Å². The van der Waals surface area contributed by atoms with Crippen LogP contribution in [0.25, 0.3) is 0 Å². The molecule has 0 spiro atoms. The van der Waals surface area contributed by atoms with Crippen LogP contribution in [0.4, 0.5) is 5.69 Å². The summed E-state index contributed by atoms with van der Waals surface area (Å²) in [5.74, 6) is -0.990. The molecule has 0 aliphatic rings. The van der Waals surface area contributed by atoms with Gasteiger partial charge in [0.05, 0.1) is 11.3 Å². The predicted octanol–water partition coefficient (Wildman–Crippen LogP) is 3.18. The summed E-state index contributed by atoms with van der Waals surface area (Å²) in [5, 5.41) is 10.9. The van der Waals surface area contributed by atoms with Crippen LogP contribution in [0.3, 0.4) is 0 Å². The Morgan fingerprint density at radius 1 is 1.08 bits per heavy atom. The monoisotopic (exact) mass is 327 g/mol. The SMILES string of the molecule is Cc1ccccc1CC(=O)OCC(=O)c1ccc(C)c([N+](=O)[O-])c1. The molecule has 6 nitrogen and oxygen atoms in total. The number of carbonyl (C=O) groups is 2. The zero-order valence-electron chi connectivity index (χ0n) is 13.4. The van der Waals surface area contributed by atoms with Crippen molar-refractivity contribution >= 4 is 17.4 Å². The van der Waals surface area contributed by atoms with Crippen LogP contribution < -0.4 is 0 Å². The standard InChI is InChI=1S/C18H17NO5/c1-12-5-3-4-6-14(12)10-18(21)24-11-17(20)15-8-7-13(2)16(9-15)19(22)23/h3-9H,10-11H2,1-2H3. The molecular formula is C18H17NO5. The van der Waals surface area contributed by atoms with Gasteiger partial charge >= 0.3 is 5.97 Å². The summed E-state index contributed by atoms with van der Waals surface area (Å²) in [4.78, 5) is 34.3. The van der Waals surface area contributed by atoms with E-state index in [0.717, 1.165) is 11.1 Å². The molecule has 0 N–H and O–H groups in total. The first kappa shape index (κ1) is 17.3. The van der Waals surface area contributed by atoms with Crippen LogP contribution in [-0.2, 0) is 16.0 Å². The van der Waals surface area contributed by atoms with E-state index < -0.39 is 23.3 Å². The van der Waals surface area contributed by atoms with Gasteiger partial charge in [-0.05, 0) is 25.0 Å². The molecule has 0 atom stereocenters. The number of nitro groups is 1. The van der Waals surface area contributed by atoms with E-state index in [1.807, 2.05) is 31.2 Å². The van der Waals surface area contributed by atoms with E-state index in [9.17, 15) is 19.7 Å². The summed E-state index contributed by atoms with van der Waals surface area (Å²) >= 11 is 0. The number of nitro benzene ring substituents is 1. The lowest BCUT2D eigenvalue weighted by Crippen LogP contribution is -2.16. The van der Waals surface area contributed by atoms with E-state index in [2.05, 4.69) is 0 Å². The Hall–Kier alpha value is -3.02. The predicted molar refractivity (Wildman–Crippen MR) is 88.0 cm³/mol. The number of aryl methyl sites for hydroxylation is 2. The number of nitrogens with zero attached hydrogens (tertiary/aromatic N) is 1. The Balaban J connectivity index is 1.98. The van der Waals surface area contributed by atoms with Crippen molar-refractivity contribution in [2.24, 2.45) is 0 Å². The molecule has 0 saturated carbocycles. The third kappa shape index (κ3) is 4.25. The third-order valence-electron chi connectivity index (χ3n) is 3.69. The molecule has 6 heteroatoms. The van der Waals surface area contributed by atoms with Gasteiger partial charge in [-0.1, -0.05) is 36.4 Å². The molecule has 24 heavy (non-hydrogen) atoms.